The minimum atomic E-state index is -0.0163. The number of halogens is 1. The van der Waals surface area contributed by atoms with Gasteiger partial charge in [-0.1, -0.05) is 41.9 Å². The summed E-state index contributed by atoms with van der Waals surface area (Å²) in [6.07, 6.45) is 0.771. The first-order valence-corrected chi connectivity index (χ1v) is 8.40. The van der Waals surface area contributed by atoms with Crippen LogP contribution in [0.1, 0.15) is 29.6 Å². The molecule has 3 N–H and O–H groups in total. The first-order chi connectivity index (χ1) is 12.2. The van der Waals surface area contributed by atoms with E-state index in [4.69, 9.17) is 22.1 Å². The number of nitrogens with zero attached hydrogens (tertiary/aromatic N) is 3. The van der Waals surface area contributed by atoms with Gasteiger partial charge in [0.05, 0.1) is 19.2 Å². The van der Waals surface area contributed by atoms with E-state index >= 15 is 0 Å². The second-order valence-corrected chi connectivity index (χ2v) is 6.39. The number of anilines is 2. The minimum absolute atomic E-state index is 0.0148. The van der Waals surface area contributed by atoms with Crippen LogP contribution in [0.5, 0.6) is 5.75 Å². The standard InChI is InChI=1S/C18H18ClN5O/c1-25-12-6-4-5-11(9-12)16-10-15(13-7-2-3-8-14(13)19)21-18-22-17(20)23-24(16)18/h2-9,15-16H,10H2,1H3,(H3,20,21,22,23)/t15-,16+/m1/s1. The molecule has 2 aromatic carbocycles. The Kier molecular flexibility index (Phi) is 3.97. The normalized spacial score (nSPS) is 19.1. The van der Waals surface area contributed by atoms with Crippen molar-refractivity contribution in [2.45, 2.75) is 18.5 Å². The van der Waals surface area contributed by atoms with Crippen LogP contribution in [0.25, 0.3) is 0 Å². The van der Waals surface area contributed by atoms with Gasteiger partial charge >= 0.3 is 0 Å². The van der Waals surface area contributed by atoms with Crippen molar-refractivity contribution >= 4 is 23.5 Å². The third-order valence-corrected chi connectivity index (χ3v) is 4.81. The van der Waals surface area contributed by atoms with Gasteiger partial charge in [-0.15, -0.1) is 5.10 Å². The van der Waals surface area contributed by atoms with Gasteiger partial charge in [-0.05, 0) is 35.7 Å². The van der Waals surface area contributed by atoms with Crippen LogP contribution in [-0.2, 0) is 0 Å². The maximum absolute atomic E-state index is 6.40. The number of aromatic nitrogens is 3. The van der Waals surface area contributed by atoms with Crippen LogP contribution in [0.15, 0.2) is 48.5 Å². The summed E-state index contributed by atoms with van der Waals surface area (Å²) in [7, 11) is 1.66. The van der Waals surface area contributed by atoms with Crippen LogP contribution in [0.4, 0.5) is 11.9 Å². The predicted molar refractivity (Wildman–Crippen MR) is 98.0 cm³/mol. The van der Waals surface area contributed by atoms with Crippen LogP contribution in [0.2, 0.25) is 5.02 Å². The van der Waals surface area contributed by atoms with Crippen LogP contribution in [-0.4, -0.2) is 21.9 Å². The molecule has 0 saturated heterocycles. The highest BCUT2D eigenvalue weighted by molar-refractivity contribution is 6.31. The van der Waals surface area contributed by atoms with Crippen molar-refractivity contribution in [2.24, 2.45) is 0 Å². The number of rotatable bonds is 3. The summed E-state index contributed by atoms with van der Waals surface area (Å²) >= 11 is 6.40. The fourth-order valence-electron chi connectivity index (χ4n) is 3.28. The predicted octanol–water partition coefficient (Wildman–Crippen LogP) is 3.67. The van der Waals surface area contributed by atoms with E-state index in [-0.39, 0.29) is 18.0 Å². The maximum atomic E-state index is 6.40. The van der Waals surface area contributed by atoms with E-state index in [1.807, 2.05) is 47.1 Å². The Balaban J connectivity index is 1.78. The van der Waals surface area contributed by atoms with Crippen molar-refractivity contribution in [3.05, 3.63) is 64.7 Å². The highest BCUT2D eigenvalue weighted by Gasteiger charge is 2.31. The Labute approximate surface area is 150 Å². The molecule has 1 aliphatic rings. The first kappa shape index (κ1) is 15.8. The van der Waals surface area contributed by atoms with Gasteiger partial charge in [-0.25, -0.2) is 4.68 Å². The third kappa shape index (κ3) is 2.89. The number of nitrogen functional groups attached to an aromatic ring is 1. The molecule has 4 rings (SSSR count). The molecule has 1 aromatic heterocycles. The second kappa shape index (κ2) is 6.29. The lowest BCUT2D eigenvalue weighted by Gasteiger charge is -2.32. The van der Waals surface area contributed by atoms with Gasteiger partial charge in [-0.3, -0.25) is 0 Å². The molecule has 0 saturated carbocycles. The van der Waals surface area contributed by atoms with Crippen LogP contribution >= 0.6 is 11.6 Å². The lowest BCUT2D eigenvalue weighted by molar-refractivity contribution is 0.407. The molecule has 2 heterocycles. The van der Waals surface area contributed by atoms with Gasteiger partial charge < -0.3 is 15.8 Å². The Hall–Kier alpha value is -2.73. The Morgan fingerprint density at radius 2 is 2.08 bits per heavy atom. The van der Waals surface area contributed by atoms with Crippen molar-refractivity contribution in [1.82, 2.24) is 14.8 Å². The fraction of sp³-hybridized carbons (Fsp3) is 0.222. The summed E-state index contributed by atoms with van der Waals surface area (Å²) in [4.78, 5) is 4.32. The third-order valence-electron chi connectivity index (χ3n) is 4.46. The number of hydrogen-bond donors (Lipinski definition) is 2. The molecule has 128 valence electrons. The number of fused-ring (bicyclic) bond motifs is 1. The topological polar surface area (TPSA) is 78.0 Å². The zero-order chi connectivity index (χ0) is 17.4. The quantitative estimate of drug-likeness (QED) is 0.749. The first-order valence-electron chi connectivity index (χ1n) is 8.02. The van der Waals surface area contributed by atoms with E-state index in [0.29, 0.717) is 5.95 Å². The monoisotopic (exact) mass is 355 g/mol. The van der Waals surface area contributed by atoms with Gasteiger partial charge in [0.15, 0.2) is 0 Å². The number of ether oxygens (including phenoxy) is 1. The van der Waals surface area contributed by atoms with Crippen LogP contribution in [0.3, 0.4) is 0 Å². The molecule has 25 heavy (non-hydrogen) atoms. The number of nitrogens with one attached hydrogen (secondary N) is 1. The van der Waals surface area contributed by atoms with Crippen molar-refractivity contribution in [3.63, 3.8) is 0 Å². The largest absolute Gasteiger partial charge is 0.497 e. The van der Waals surface area contributed by atoms with Crippen molar-refractivity contribution in [1.29, 1.82) is 0 Å². The zero-order valence-electron chi connectivity index (χ0n) is 13.7. The Bertz CT molecular complexity index is 910. The zero-order valence-corrected chi connectivity index (χ0v) is 14.4. The van der Waals surface area contributed by atoms with E-state index < -0.39 is 0 Å². The number of methoxy groups -OCH3 is 1. The molecule has 0 radical (unpaired) electrons. The molecule has 3 aromatic rings. The number of nitrogens with two attached hydrogens (primary N) is 1. The van der Waals surface area contributed by atoms with Gasteiger partial charge in [0.2, 0.25) is 11.9 Å². The summed E-state index contributed by atoms with van der Waals surface area (Å²) < 4.78 is 7.19. The molecule has 0 aliphatic carbocycles. The molecule has 0 amide bonds. The summed E-state index contributed by atoms with van der Waals surface area (Å²) in [5, 5.41) is 8.49. The lowest BCUT2D eigenvalue weighted by atomic mass is 9.93. The van der Waals surface area contributed by atoms with E-state index in [1.165, 1.54) is 0 Å². The molecular formula is C18H18ClN5O. The highest BCUT2D eigenvalue weighted by Crippen LogP contribution is 2.40. The van der Waals surface area contributed by atoms with Gasteiger partial charge in [0.1, 0.15) is 5.75 Å². The smallest absolute Gasteiger partial charge is 0.241 e. The van der Waals surface area contributed by atoms with Crippen LogP contribution < -0.4 is 15.8 Å². The lowest BCUT2D eigenvalue weighted by Crippen LogP contribution is -2.28. The second-order valence-electron chi connectivity index (χ2n) is 5.98. The molecular weight excluding hydrogens is 338 g/mol. The summed E-state index contributed by atoms with van der Waals surface area (Å²) in [5.74, 6) is 1.69. The SMILES string of the molecule is COc1cccc([C@@H]2C[C@H](c3ccccc3Cl)Nc3nc(N)nn32)c1. The molecule has 6 nitrogen and oxygen atoms in total. The van der Waals surface area contributed by atoms with E-state index in [0.717, 1.165) is 28.3 Å². The van der Waals surface area contributed by atoms with E-state index in [9.17, 15) is 0 Å². The minimum Gasteiger partial charge on any atom is -0.497 e. The molecule has 0 unspecified atom stereocenters. The summed E-state index contributed by atoms with van der Waals surface area (Å²) in [6, 6.07) is 15.8. The highest BCUT2D eigenvalue weighted by atomic mass is 35.5. The molecule has 0 bridgehead atoms. The maximum Gasteiger partial charge on any atom is 0.241 e. The van der Waals surface area contributed by atoms with E-state index in [2.05, 4.69) is 21.5 Å². The fourth-order valence-corrected chi connectivity index (χ4v) is 3.55. The Morgan fingerprint density at radius 1 is 1.24 bits per heavy atom. The molecule has 7 heteroatoms. The van der Waals surface area contributed by atoms with Crippen molar-refractivity contribution in [3.8, 4) is 5.75 Å². The summed E-state index contributed by atoms with van der Waals surface area (Å²) in [5.41, 5.74) is 7.95. The number of benzene rings is 2. The molecule has 0 spiro atoms. The number of hydrogen-bond acceptors (Lipinski definition) is 5. The van der Waals surface area contributed by atoms with Crippen molar-refractivity contribution < 1.29 is 4.74 Å². The van der Waals surface area contributed by atoms with Crippen LogP contribution in [0, 0.1) is 0 Å². The average molecular weight is 356 g/mol. The van der Waals surface area contributed by atoms with Gasteiger partial charge in [-0.2, -0.15) is 4.98 Å². The molecule has 1 aliphatic heterocycles. The van der Waals surface area contributed by atoms with Gasteiger partial charge in [0.25, 0.3) is 0 Å². The Morgan fingerprint density at radius 3 is 2.88 bits per heavy atom. The van der Waals surface area contributed by atoms with E-state index in [1.54, 1.807) is 7.11 Å². The van der Waals surface area contributed by atoms with Gasteiger partial charge in [0, 0.05) is 5.02 Å². The van der Waals surface area contributed by atoms with Crippen molar-refractivity contribution in [2.75, 3.05) is 18.2 Å². The molecule has 2 atom stereocenters. The average Bonchev–Trinajstić information content (AvgIpc) is 3.01. The summed E-state index contributed by atoms with van der Waals surface area (Å²) in [6.45, 7) is 0. The molecule has 0 fully saturated rings.